The van der Waals surface area contributed by atoms with E-state index in [1.54, 1.807) is 11.2 Å². The van der Waals surface area contributed by atoms with Crippen molar-refractivity contribution >= 4 is 22.0 Å². The number of hydrogen-bond acceptors (Lipinski definition) is 6. The quantitative estimate of drug-likeness (QED) is 0.609. The Kier molecular flexibility index (Phi) is 7.85. The molecule has 3 aliphatic heterocycles. The van der Waals surface area contributed by atoms with Crippen LogP contribution in [0.5, 0.6) is 0 Å². The van der Waals surface area contributed by atoms with Crippen molar-refractivity contribution in [3.05, 3.63) is 0 Å². The molecule has 0 aromatic heterocycles. The molecule has 3 heterocycles. The third-order valence-corrected chi connectivity index (χ3v) is 11.6. The number of sulfonamides is 1. The summed E-state index contributed by atoms with van der Waals surface area (Å²) in [6.07, 6.45) is 9.19. The normalized spacial score (nSPS) is 39.4. The topological polar surface area (TPSA) is 99.3 Å². The van der Waals surface area contributed by atoms with Crippen LogP contribution in [0.15, 0.2) is 0 Å². The molecule has 5 aliphatic rings. The van der Waals surface area contributed by atoms with Crippen LogP contribution in [0.1, 0.15) is 78.1 Å². The standard InChI is InChI=1S/C26H44N4O5S/c1-18-17-28(26(32)35-23-5-3-12-27-16-23)25-15-21(8-11-24(25)30(18)19(2)31)20-6-9-22(10-7-20)29-13-4-14-36(29,33)34/h18,20-25,27H,3-17H2,1-2H3/t18-,20?,21?,22?,23?,24?,25?/m0/s1. The summed E-state index contributed by atoms with van der Waals surface area (Å²) in [6.45, 7) is 6.57. The molecule has 2 saturated carbocycles. The molecule has 1 N–H and O–H groups in total. The number of rotatable bonds is 3. The van der Waals surface area contributed by atoms with Crippen molar-refractivity contribution in [1.82, 2.24) is 19.4 Å². The summed E-state index contributed by atoms with van der Waals surface area (Å²) in [5, 5.41) is 3.32. The van der Waals surface area contributed by atoms with Gasteiger partial charge in [-0.25, -0.2) is 13.2 Å². The molecule has 0 radical (unpaired) electrons. The van der Waals surface area contributed by atoms with E-state index in [-0.39, 0.29) is 42.3 Å². The summed E-state index contributed by atoms with van der Waals surface area (Å²) in [4.78, 5) is 29.9. The van der Waals surface area contributed by atoms with Gasteiger partial charge in [-0.05, 0) is 89.5 Å². The lowest BCUT2D eigenvalue weighted by Crippen LogP contribution is -2.67. The molecule has 2 aliphatic carbocycles. The maximum atomic E-state index is 13.4. The van der Waals surface area contributed by atoms with Gasteiger partial charge in [0.05, 0.1) is 17.8 Å². The molecule has 10 heteroatoms. The first-order valence-electron chi connectivity index (χ1n) is 14.2. The van der Waals surface area contributed by atoms with E-state index >= 15 is 0 Å². The van der Waals surface area contributed by atoms with E-state index in [0.717, 1.165) is 70.8 Å². The van der Waals surface area contributed by atoms with Crippen molar-refractivity contribution in [1.29, 1.82) is 0 Å². The van der Waals surface area contributed by atoms with Gasteiger partial charge >= 0.3 is 6.09 Å². The first-order valence-corrected chi connectivity index (χ1v) is 15.8. The molecule has 0 spiro atoms. The second kappa shape index (κ2) is 10.8. The molecule has 3 saturated heterocycles. The van der Waals surface area contributed by atoms with Crippen LogP contribution in [-0.4, -0.2) is 96.7 Å². The SMILES string of the molecule is CC(=O)N1C2CCC(C3CCC(N4CCCS4(=O)=O)CC3)CC2N(C(=O)OC2CCCNC2)C[C@@H]1C. The highest BCUT2D eigenvalue weighted by atomic mass is 32.2. The van der Waals surface area contributed by atoms with Gasteiger partial charge in [-0.2, -0.15) is 4.31 Å². The lowest BCUT2D eigenvalue weighted by atomic mass is 9.69. The van der Waals surface area contributed by atoms with Gasteiger partial charge in [0.25, 0.3) is 0 Å². The van der Waals surface area contributed by atoms with Crippen LogP contribution < -0.4 is 5.32 Å². The molecule has 4 unspecified atom stereocenters. The van der Waals surface area contributed by atoms with Crippen molar-refractivity contribution in [2.45, 2.75) is 108 Å². The van der Waals surface area contributed by atoms with Crippen LogP contribution in [0, 0.1) is 11.8 Å². The van der Waals surface area contributed by atoms with Gasteiger partial charge in [0.15, 0.2) is 0 Å². The first-order chi connectivity index (χ1) is 17.2. The predicted octanol–water partition coefficient (Wildman–Crippen LogP) is 2.56. The number of amides is 2. The molecule has 5 rings (SSSR count). The number of carbonyl (C=O) groups excluding carboxylic acids is 2. The lowest BCUT2D eigenvalue weighted by Gasteiger charge is -2.54. The van der Waals surface area contributed by atoms with Gasteiger partial charge < -0.3 is 19.9 Å². The summed E-state index contributed by atoms with van der Waals surface area (Å²) >= 11 is 0. The van der Waals surface area contributed by atoms with Crippen LogP contribution in [0.25, 0.3) is 0 Å². The fraction of sp³-hybridized carbons (Fsp3) is 0.923. The smallest absolute Gasteiger partial charge is 0.410 e. The highest BCUT2D eigenvalue weighted by Crippen LogP contribution is 2.44. The van der Waals surface area contributed by atoms with Gasteiger partial charge in [0, 0.05) is 38.6 Å². The van der Waals surface area contributed by atoms with Gasteiger partial charge in [-0.1, -0.05) is 0 Å². The van der Waals surface area contributed by atoms with Crippen LogP contribution >= 0.6 is 0 Å². The summed E-state index contributed by atoms with van der Waals surface area (Å²) in [5.74, 6) is 1.44. The molecule has 0 aromatic carbocycles. The minimum atomic E-state index is -3.06. The van der Waals surface area contributed by atoms with Gasteiger partial charge in [-0.15, -0.1) is 0 Å². The van der Waals surface area contributed by atoms with Crippen molar-refractivity contribution in [2.75, 3.05) is 31.9 Å². The van der Waals surface area contributed by atoms with Crippen LogP contribution in [0.2, 0.25) is 0 Å². The van der Waals surface area contributed by atoms with E-state index in [4.69, 9.17) is 4.74 Å². The Hall–Kier alpha value is -1.39. The van der Waals surface area contributed by atoms with Gasteiger partial charge in [0.2, 0.25) is 15.9 Å². The number of ether oxygens (including phenoxy) is 1. The van der Waals surface area contributed by atoms with Crippen molar-refractivity contribution < 1.29 is 22.7 Å². The Morgan fingerprint density at radius 1 is 0.944 bits per heavy atom. The third-order valence-electron chi connectivity index (χ3n) is 9.59. The highest BCUT2D eigenvalue weighted by Gasteiger charge is 2.48. The van der Waals surface area contributed by atoms with E-state index in [2.05, 4.69) is 5.32 Å². The molecule has 5 fully saturated rings. The van der Waals surface area contributed by atoms with Crippen LogP contribution in [0.4, 0.5) is 4.79 Å². The first kappa shape index (κ1) is 26.2. The molecule has 9 nitrogen and oxygen atoms in total. The summed E-state index contributed by atoms with van der Waals surface area (Å²) in [5.41, 5.74) is 0. The lowest BCUT2D eigenvalue weighted by molar-refractivity contribution is -0.143. The summed E-state index contributed by atoms with van der Waals surface area (Å²) in [7, 11) is -3.06. The number of nitrogens with zero attached hydrogens (tertiary/aromatic N) is 3. The highest BCUT2D eigenvalue weighted by molar-refractivity contribution is 7.89. The average Bonchev–Trinajstić information content (AvgIpc) is 3.22. The average molecular weight is 525 g/mol. The number of piperidine rings is 1. The third kappa shape index (κ3) is 5.27. The van der Waals surface area contributed by atoms with Crippen molar-refractivity contribution in [2.24, 2.45) is 11.8 Å². The number of carbonyl (C=O) groups is 2. The van der Waals surface area contributed by atoms with E-state index in [0.29, 0.717) is 37.2 Å². The molecule has 0 aromatic rings. The maximum absolute atomic E-state index is 13.4. The zero-order chi connectivity index (χ0) is 25.4. The Morgan fingerprint density at radius 3 is 2.33 bits per heavy atom. The molecule has 2 amide bonds. The fourth-order valence-electron chi connectivity index (χ4n) is 7.90. The fourth-order valence-corrected chi connectivity index (χ4v) is 9.70. The number of piperazine rings is 1. The Labute approximate surface area is 216 Å². The summed E-state index contributed by atoms with van der Waals surface area (Å²) < 4.78 is 32.5. The molecule has 204 valence electrons. The largest absolute Gasteiger partial charge is 0.445 e. The molecule has 0 bridgehead atoms. The predicted molar refractivity (Wildman–Crippen MR) is 137 cm³/mol. The Bertz CT molecular complexity index is 915. The van der Waals surface area contributed by atoms with E-state index < -0.39 is 10.0 Å². The summed E-state index contributed by atoms with van der Waals surface area (Å²) in [6, 6.07) is 0.176. The van der Waals surface area contributed by atoms with Crippen LogP contribution in [-0.2, 0) is 19.6 Å². The number of fused-ring (bicyclic) bond motifs is 1. The van der Waals surface area contributed by atoms with Crippen molar-refractivity contribution in [3.8, 4) is 0 Å². The minimum Gasteiger partial charge on any atom is -0.445 e. The number of nitrogens with one attached hydrogen (secondary N) is 1. The van der Waals surface area contributed by atoms with E-state index in [1.165, 1.54) is 0 Å². The Balaban J connectivity index is 1.25. The Morgan fingerprint density at radius 2 is 1.69 bits per heavy atom. The number of hydrogen-bond donors (Lipinski definition) is 1. The van der Waals surface area contributed by atoms with Gasteiger partial charge in [0.1, 0.15) is 6.10 Å². The molecule has 36 heavy (non-hydrogen) atoms. The minimum absolute atomic E-state index is 0.00965. The van der Waals surface area contributed by atoms with Gasteiger partial charge in [-0.3, -0.25) is 4.79 Å². The molecular weight excluding hydrogens is 480 g/mol. The maximum Gasteiger partial charge on any atom is 0.410 e. The zero-order valence-corrected chi connectivity index (χ0v) is 22.8. The van der Waals surface area contributed by atoms with E-state index in [1.807, 2.05) is 16.7 Å². The molecular formula is C26H44N4O5S. The zero-order valence-electron chi connectivity index (χ0n) is 21.9. The molecule has 5 atom stereocenters. The second-order valence-corrected chi connectivity index (χ2v) is 13.9. The van der Waals surface area contributed by atoms with E-state index in [9.17, 15) is 18.0 Å². The van der Waals surface area contributed by atoms with Crippen LogP contribution in [0.3, 0.4) is 0 Å². The second-order valence-electron chi connectivity index (χ2n) is 11.8. The monoisotopic (exact) mass is 524 g/mol. The van der Waals surface area contributed by atoms with Crippen molar-refractivity contribution in [3.63, 3.8) is 0 Å².